The van der Waals surface area contributed by atoms with Crippen molar-refractivity contribution in [1.29, 1.82) is 0 Å². The van der Waals surface area contributed by atoms with Crippen LogP contribution >= 0.6 is 11.8 Å². The van der Waals surface area contributed by atoms with Crippen molar-refractivity contribution >= 4 is 35.2 Å². The van der Waals surface area contributed by atoms with Crippen LogP contribution in [0, 0.1) is 0 Å². The molecule has 4 rings (SSSR count). The summed E-state index contributed by atoms with van der Waals surface area (Å²) in [6.45, 7) is 2.00. The number of nitrogens with zero attached hydrogens (tertiary/aromatic N) is 3. The molecule has 2 aromatic rings. The Balaban J connectivity index is 1.52. The monoisotopic (exact) mass is 423 g/mol. The molecule has 0 radical (unpaired) electrons. The molecule has 3 amide bonds. The number of carbonyl (C=O) groups excluding carboxylic acids is 3. The number of likely N-dealkylation sites (N-methyl/N-ethyl adjacent to an activating group) is 1. The largest absolute Gasteiger partial charge is 0.340 e. The first kappa shape index (κ1) is 20.5. The lowest BCUT2D eigenvalue weighted by molar-refractivity contribution is -0.130. The van der Waals surface area contributed by atoms with Gasteiger partial charge in [0.15, 0.2) is 0 Å². The van der Waals surface area contributed by atoms with Gasteiger partial charge in [0.25, 0.3) is 5.91 Å². The van der Waals surface area contributed by atoms with Gasteiger partial charge in [0, 0.05) is 37.1 Å². The summed E-state index contributed by atoms with van der Waals surface area (Å²) in [6, 6.07) is 15.2. The molecule has 0 N–H and O–H groups in total. The minimum atomic E-state index is -0.138. The Kier molecular flexibility index (Phi) is 6.08. The van der Waals surface area contributed by atoms with E-state index in [1.54, 1.807) is 18.0 Å². The molecular formula is C23H25N3O3S. The maximum Gasteiger partial charge on any atom is 0.253 e. The Morgan fingerprint density at radius 3 is 2.53 bits per heavy atom. The van der Waals surface area contributed by atoms with E-state index in [4.69, 9.17) is 0 Å². The zero-order valence-corrected chi connectivity index (χ0v) is 17.9. The minimum absolute atomic E-state index is 0.00852. The average molecular weight is 424 g/mol. The molecule has 7 heteroatoms. The van der Waals surface area contributed by atoms with Crippen molar-refractivity contribution in [2.24, 2.45) is 0 Å². The highest BCUT2D eigenvalue weighted by atomic mass is 32.2. The van der Waals surface area contributed by atoms with Gasteiger partial charge in [-0.3, -0.25) is 14.4 Å². The van der Waals surface area contributed by atoms with Gasteiger partial charge in [0.1, 0.15) is 6.54 Å². The number of amides is 3. The predicted octanol–water partition coefficient (Wildman–Crippen LogP) is 3.02. The Bertz CT molecular complexity index is 957. The number of benzene rings is 2. The number of hydrogen-bond donors (Lipinski definition) is 0. The van der Waals surface area contributed by atoms with Crippen LogP contribution in [0.2, 0.25) is 0 Å². The fourth-order valence-corrected chi connectivity index (χ4v) is 4.73. The van der Waals surface area contributed by atoms with Gasteiger partial charge in [0.05, 0.1) is 11.4 Å². The van der Waals surface area contributed by atoms with E-state index in [1.165, 1.54) is 16.7 Å². The van der Waals surface area contributed by atoms with Crippen LogP contribution in [-0.4, -0.2) is 60.0 Å². The maximum atomic E-state index is 12.8. The van der Waals surface area contributed by atoms with Crippen LogP contribution in [0.5, 0.6) is 0 Å². The molecule has 2 aliphatic heterocycles. The number of anilines is 1. The smallest absolute Gasteiger partial charge is 0.253 e. The molecule has 0 bridgehead atoms. The zero-order valence-electron chi connectivity index (χ0n) is 17.0. The summed E-state index contributed by atoms with van der Waals surface area (Å²) < 4.78 is 0. The van der Waals surface area contributed by atoms with Crippen molar-refractivity contribution in [3.8, 4) is 0 Å². The van der Waals surface area contributed by atoms with Crippen molar-refractivity contribution in [2.75, 3.05) is 37.3 Å². The molecule has 0 atom stereocenters. The number of thioether (sulfide) groups is 1. The summed E-state index contributed by atoms with van der Waals surface area (Å²) in [6.07, 6.45) is 2.05. The van der Waals surface area contributed by atoms with Gasteiger partial charge in [-0.25, -0.2) is 0 Å². The number of hydrogen-bond acceptors (Lipinski definition) is 4. The Hall–Kier alpha value is -2.80. The van der Waals surface area contributed by atoms with Crippen molar-refractivity contribution in [3.05, 3.63) is 59.7 Å². The van der Waals surface area contributed by atoms with Crippen molar-refractivity contribution in [3.63, 3.8) is 0 Å². The van der Waals surface area contributed by atoms with E-state index >= 15 is 0 Å². The molecule has 0 aromatic heterocycles. The molecule has 30 heavy (non-hydrogen) atoms. The van der Waals surface area contributed by atoms with Gasteiger partial charge in [-0.15, -0.1) is 11.8 Å². The zero-order chi connectivity index (χ0) is 21.1. The second-order valence-electron chi connectivity index (χ2n) is 7.69. The van der Waals surface area contributed by atoms with Crippen LogP contribution in [0.4, 0.5) is 5.69 Å². The van der Waals surface area contributed by atoms with Gasteiger partial charge in [-0.2, -0.15) is 0 Å². The van der Waals surface area contributed by atoms with E-state index in [0.717, 1.165) is 36.4 Å². The summed E-state index contributed by atoms with van der Waals surface area (Å²) in [5, 5.41) is 0. The van der Waals surface area contributed by atoms with Gasteiger partial charge in [0.2, 0.25) is 11.8 Å². The summed E-state index contributed by atoms with van der Waals surface area (Å²) >= 11 is 1.45. The molecule has 1 saturated heterocycles. The first-order valence-electron chi connectivity index (χ1n) is 10.2. The lowest BCUT2D eigenvalue weighted by atomic mass is 10.1. The Labute approximate surface area is 180 Å². The molecule has 0 spiro atoms. The lowest BCUT2D eigenvalue weighted by Crippen LogP contribution is -2.43. The fourth-order valence-electron chi connectivity index (χ4n) is 3.81. The van der Waals surface area contributed by atoms with Crippen LogP contribution in [0.3, 0.4) is 0 Å². The van der Waals surface area contributed by atoms with Crippen LogP contribution in [-0.2, 0) is 16.1 Å². The van der Waals surface area contributed by atoms with Gasteiger partial charge in [-0.1, -0.05) is 30.3 Å². The Morgan fingerprint density at radius 2 is 1.80 bits per heavy atom. The highest BCUT2D eigenvalue weighted by Gasteiger charge is 2.29. The van der Waals surface area contributed by atoms with Crippen LogP contribution in [0.1, 0.15) is 28.8 Å². The summed E-state index contributed by atoms with van der Waals surface area (Å²) in [4.78, 5) is 44.2. The molecule has 156 valence electrons. The highest BCUT2D eigenvalue weighted by molar-refractivity contribution is 8.00. The number of fused-ring (bicyclic) bond motifs is 1. The standard InChI is InChI=1S/C23H25N3O3S/c1-24(14-17-7-3-2-4-8-17)21(27)15-26-19-13-18(23(29)25-11-5-6-12-25)9-10-20(19)30-16-22(26)28/h2-4,7-10,13H,5-6,11-12,14-16H2,1H3. The molecular weight excluding hydrogens is 398 g/mol. The van der Waals surface area contributed by atoms with Crippen molar-refractivity contribution < 1.29 is 14.4 Å². The van der Waals surface area contributed by atoms with Gasteiger partial charge < -0.3 is 14.7 Å². The molecule has 0 unspecified atom stereocenters. The Morgan fingerprint density at radius 1 is 1.07 bits per heavy atom. The van der Waals surface area contributed by atoms with Crippen molar-refractivity contribution in [2.45, 2.75) is 24.3 Å². The summed E-state index contributed by atoms with van der Waals surface area (Å²) in [7, 11) is 1.74. The molecule has 2 heterocycles. The fraction of sp³-hybridized carbons (Fsp3) is 0.348. The van der Waals surface area contributed by atoms with E-state index in [-0.39, 0.29) is 24.3 Å². The topological polar surface area (TPSA) is 60.9 Å². The third-order valence-electron chi connectivity index (χ3n) is 5.52. The minimum Gasteiger partial charge on any atom is -0.340 e. The molecule has 1 fully saturated rings. The third-order valence-corrected chi connectivity index (χ3v) is 6.57. The van der Waals surface area contributed by atoms with Crippen molar-refractivity contribution in [1.82, 2.24) is 9.80 Å². The number of rotatable bonds is 5. The van der Waals surface area contributed by atoms with E-state index in [9.17, 15) is 14.4 Å². The van der Waals surface area contributed by atoms with Crippen LogP contribution < -0.4 is 4.90 Å². The first-order chi connectivity index (χ1) is 14.5. The van der Waals surface area contributed by atoms with E-state index in [1.807, 2.05) is 47.4 Å². The second-order valence-corrected chi connectivity index (χ2v) is 8.70. The lowest BCUT2D eigenvalue weighted by Gasteiger charge is -2.30. The SMILES string of the molecule is CN(Cc1ccccc1)C(=O)CN1C(=O)CSc2ccc(C(=O)N3CCCC3)cc21. The predicted molar refractivity (Wildman–Crippen MR) is 118 cm³/mol. The van der Waals surface area contributed by atoms with Crippen LogP contribution in [0.15, 0.2) is 53.4 Å². The second kappa shape index (κ2) is 8.92. The molecule has 6 nitrogen and oxygen atoms in total. The third kappa shape index (κ3) is 4.36. The maximum absolute atomic E-state index is 12.8. The molecule has 2 aliphatic rings. The van der Waals surface area contributed by atoms with E-state index < -0.39 is 0 Å². The average Bonchev–Trinajstić information content (AvgIpc) is 3.30. The number of likely N-dealkylation sites (tertiary alicyclic amines) is 1. The number of carbonyl (C=O) groups is 3. The first-order valence-corrected chi connectivity index (χ1v) is 11.2. The van der Waals surface area contributed by atoms with E-state index in [0.29, 0.717) is 23.5 Å². The molecule has 0 aliphatic carbocycles. The summed E-state index contributed by atoms with van der Waals surface area (Å²) in [5.74, 6) is 0.0362. The van der Waals surface area contributed by atoms with E-state index in [2.05, 4.69) is 0 Å². The quantitative estimate of drug-likeness (QED) is 0.742. The van der Waals surface area contributed by atoms with Crippen LogP contribution in [0.25, 0.3) is 0 Å². The summed E-state index contributed by atoms with van der Waals surface area (Å²) in [5.41, 5.74) is 2.26. The molecule has 0 saturated carbocycles. The van der Waals surface area contributed by atoms with Gasteiger partial charge >= 0.3 is 0 Å². The highest BCUT2D eigenvalue weighted by Crippen LogP contribution is 2.36. The normalized spacial score (nSPS) is 15.8. The van der Waals surface area contributed by atoms with Gasteiger partial charge in [-0.05, 0) is 36.6 Å². The molecule has 2 aromatic carbocycles.